The van der Waals surface area contributed by atoms with Crippen molar-refractivity contribution in [2.75, 3.05) is 30.9 Å². The van der Waals surface area contributed by atoms with Crippen LogP contribution in [-0.4, -0.2) is 48.4 Å². The van der Waals surface area contributed by atoms with Crippen molar-refractivity contribution in [2.24, 2.45) is 5.73 Å². The van der Waals surface area contributed by atoms with E-state index >= 15 is 0 Å². The normalized spacial score (nSPS) is 12.1. The number of amides is 2. The van der Waals surface area contributed by atoms with Crippen LogP contribution >= 0.6 is 35.8 Å². The number of hydrogen-bond donors (Lipinski definition) is 2. The number of hydrogen-bond acceptors (Lipinski definition) is 4. The Hall–Kier alpha value is -1.16. The fourth-order valence-electron chi connectivity index (χ4n) is 1.97. The van der Waals surface area contributed by atoms with E-state index in [1.54, 1.807) is 11.8 Å². The number of nitrogens with two attached hydrogens (primary N) is 1. The molecule has 1 atom stereocenters. The summed E-state index contributed by atoms with van der Waals surface area (Å²) in [5.41, 5.74) is 4.63. The largest absolute Gasteiger partial charge is 0.417 e. The van der Waals surface area contributed by atoms with Gasteiger partial charge in [-0.2, -0.15) is 24.9 Å². The highest BCUT2D eigenvalue weighted by Crippen LogP contribution is 2.36. The molecule has 1 rings (SSSR count). The van der Waals surface area contributed by atoms with Gasteiger partial charge in [0.15, 0.2) is 0 Å². The van der Waals surface area contributed by atoms with Crippen molar-refractivity contribution in [3.8, 4) is 0 Å². The first kappa shape index (κ1) is 24.8. The maximum absolute atomic E-state index is 12.8. The number of nitrogens with one attached hydrogen (secondary N) is 1. The van der Waals surface area contributed by atoms with Gasteiger partial charge in [-0.1, -0.05) is 11.6 Å². The molecule has 1 aromatic rings. The second kappa shape index (κ2) is 10.9. The van der Waals surface area contributed by atoms with E-state index in [1.807, 2.05) is 6.26 Å². The van der Waals surface area contributed by atoms with E-state index in [-0.39, 0.29) is 24.6 Å². The molecular formula is C15H20Cl2F3N3O2S. The highest BCUT2D eigenvalue weighted by Gasteiger charge is 2.33. The molecule has 1 aromatic carbocycles. The third-order valence-electron chi connectivity index (χ3n) is 3.26. The molecule has 0 heterocycles. The molecule has 0 saturated carbocycles. The topological polar surface area (TPSA) is 75.4 Å². The van der Waals surface area contributed by atoms with Crippen LogP contribution in [0.4, 0.5) is 18.9 Å². The summed E-state index contributed by atoms with van der Waals surface area (Å²) in [7, 11) is 1.41. The molecule has 148 valence electrons. The monoisotopic (exact) mass is 433 g/mol. The summed E-state index contributed by atoms with van der Waals surface area (Å²) in [5.74, 6) is -0.336. The zero-order chi connectivity index (χ0) is 19.2. The van der Waals surface area contributed by atoms with Crippen LogP contribution in [0.2, 0.25) is 5.02 Å². The summed E-state index contributed by atoms with van der Waals surface area (Å²) in [4.78, 5) is 25.1. The number of carbonyl (C=O) groups excluding carboxylic acids is 2. The summed E-state index contributed by atoms with van der Waals surface area (Å²) in [5, 5.41) is 1.85. The Kier molecular flexibility index (Phi) is 10.4. The highest BCUT2D eigenvalue weighted by atomic mass is 35.5. The fourth-order valence-corrected chi connectivity index (χ4v) is 2.68. The van der Waals surface area contributed by atoms with Gasteiger partial charge in [-0.25, -0.2) is 0 Å². The number of likely N-dealkylation sites (N-methyl/N-ethyl adjacent to an activating group) is 1. The molecule has 2 amide bonds. The molecule has 0 aromatic heterocycles. The molecule has 26 heavy (non-hydrogen) atoms. The first-order valence-electron chi connectivity index (χ1n) is 7.22. The Labute approximate surface area is 165 Å². The lowest BCUT2D eigenvalue weighted by Gasteiger charge is -2.21. The minimum absolute atomic E-state index is 0. The van der Waals surface area contributed by atoms with Crippen molar-refractivity contribution in [3.05, 3.63) is 28.8 Å². The van der Waals surface area contributed by atoms with Gasteiger partial charge in [0, 0.05) is 12.7 Å². The van der Waals surface area contributed by atoms with E-state index < -0.39 is 34.6 Å². The van der Waals surface area contributed by atoms with E-state index in [1.165, 1.54) is 13.1 Å². The van der Waals surface area contributed by atoms with Crippen molar-refractivity contribution in [1.82, 2.24) is 4.90 Å². The van der Waals surface area contributed by atoms with Crippen LogP contribution in [0.5, 0.6) is 0 Å². The number of halogens is 5. The summed E-state index contributed by atoms with van der Waals surface area (Å²) < 4.78 is 38.4. The first-order valence-corrected chi connectivity index (χ1v) is 8.99. The lowest BCUT2D eigenvalue weighted by atomic mass is 10.2. The first-order chi connectivity index (χ1) is 11.6. The summed E-state index contributed by atoms with van der Waals surface area (Å²) in [6.45, 7) is -0.324. The zero-order valence-corrected chi connectivity index (χ0v) is 16.5. The molecule has 11 heteroatoms. The number of alkyl halides is 3. The molecular weight excluding hydrogens is 414 g/mol. The lowest BCUT2D eigenvalue weighted by molar-refractivity contribution is -0.137. The minimum atomic E-state index is -4.63. The molecule has 0 aliphatic heterocycles. The minimum Gasteiger partial charge on any atom is -0.335 e. The Bertz CT molecular complexity index is 633. The number of nitrogens with zero attached hydrogens (tertiary/aromatic N) is 1. The number of carbonyl (C=O) groups is 2. The Morgan fingerprint density at radius 2 is 2.00 bits per heavy atom. The van der Waals surface area contributed by atoms with Crippen LogP contribution < -0.4 is 11.1 Å². The standard InChI is InChI=1S/C15H19ClF3N3O2S.ClH/c1-22(14(24)12(20)5-6-25-2)8-13(23)21-9-3-4-11(16)10(7-9)15(17,18)19;/h3-4,7,12H,5-6,8,20H2,1-2H3,(H,21,23);1H/t12-;/m0./s1. The van der Waals surface area contributed by atoms with Crippen LogP contribution in [0.15, 0.2) is 18.2 Å². The van der Waals surface area contributed by atoms with Crippen LogP contribution in [0, 0.1) is 0 Å². The van der Waals surface area contributed by atoms with Crippen molar-refractivity contribution in [2.45, 2.75) is 18.6 Å². The van der Waals surface area contributed by atoms with Gasteiger partial charge in [-0.05, 0) is 36.6 Å². The van der Waals surface area contributed by atoms with Crippen molar-refractivity contribution >= 4 is 53.3 Å². The highest BCUT2D eigenvalue weighted by molar-refractivity contribution is 7.98. The molecule has 0 radical (unpaired) electrons. The number of anilines is 1. The van der Waals surface area contributed by atoms with Crippen LogP contribution in [-0.2, 0) is 15.8 Å². The Morgan fingerprint density at radius 1 is 1.38 bits per heavy atom. The second-order valence-corrected chi connectivity index (χ2v) is 6.72. The second-order valence-electron chi connectivity index (χ2n) is 5.32. The average Bonchev–Trinajstić information content (AvgIpc) is 2.52. The number of rotatable bonds is 7. The van der Waals surface area contributed by atoms with Crippen LogP contribution in [0.1, 0.15) is 12.0 Å². The van der Waals surface area contributed by atoms with Crippen molar-refractivity contribution < 1.29 is 22.8 Å². The molecule has 0 spiro atoms. The van der Waals surface area contributed by atoms with Gasteiger partial charge in [0.2, 0.25) is 11.8 Å². The summed E-state index contributed by atoms with van der Waals surface area (Å²) >= 11 is 7.07. The van der Waals surface area contributed by atoms with E-state index in [0.29, 0.717) is 12.2 Å². The summed E-state index contributed by atoms with van der Waals surface area (Å²) in [6, 6.07) is 2.32. The molecule has 0 aliphatic rings. The van der Waals surface area contributed by atoms with Gasteiger partial charge in [0.1, 0.15) is 0 Å². The maximum atomic E-state index is 12.8. The van der Waals surface area contributed by atoms with Gasteiger partial charge in [-0.15, -0.1) is 12.4 Å². The SMILES string of the molecule is CSCC[C@H](N)C(=O)N(C)CC(=O)Nc1ccc(Cl)c(C(F)(F)F)c1.Cl. The molecule has 0 fully saturated rings. The predicted octanol–water partition coefficient (Wildman–Crippen LogP) is 3.26. The average molecular weight is 434 g/mol. The summed E-state index contributed by atoms with van der Waals surface area (Å²) in [6.07, 6.45) is -2.28. The van der Waals surface area contributed by atoms with Gasteiger partial charge < -0.3 is 16.0 Å². The van der Waals surface area contributed by atoms with Crippen LogP contribution in [0.3, 0.4) is 0 Å². The zero-order valence-electron chi connectivity index (χ0n) is 14.1. The molecule has 5 nitrogen and oxygen atoms in total. The third-order valence-corrected chi connectivity index (χ3v) is 4.24. The Balaban J connectivity index is 0.00000625. The van der Waals surface area contributed by atoms with E-state index in [0.717, 1.165) is 17.0 Å². The van der Waals surface area contributed by atoms with Crippen molar-refractivity contribution in [3.63, 3.8) is 0 Å². The number of benzene rings is 1. The molecule has 0 bridgehead atoms. The van der Waals surface area contributed by atoms with Crippen molar-refractivity contribution in [1.29, 1.82) is 0 Å². The fraction of sp³-hybridized carbons (Fsp3) is 0.467. The maximum Gasteiger partial charge on any atom is 0.417 e. The predicted molar refractivity (Wildman–Crippen MR) is 101 cm³/mol. The van der Waals surface area contributed by atoms with Crippen LogP contribution in [0.25, 0.3) is 0 Å². The van der Waals surface area contributed by atoms with E-state index in [2.05, 4.69) is 5.32 Å². The smallest absolute Gasteiger partial charge is 0.335 e. The molecule has 0 unspecified atom stereocenters. The van der Waals surface area contributed by atoms with E-state index in [4.69, 9.17) is 17.3 Å². The third kappa shape index (κ3) is 7.61. The van der Waals surface area contributed by atoms with Gasteiger partial charge >= 0.3 is 6.18 Å². The van der Waals surface area contributed by atoms with Gasteiger partial charge in [-0.3, -0.25) is 9.59 Å². The molecule has 0 saturated heterocycles. The lowest BCUT2D eigenvalue weighted by Crippen LogP contribution is -2.45. The van der Waals surface area contributed by atoms with Gasteiger partial charge in [0.25, 0.3) is 0 Å². The number of thioether (sulfide) groups is 1. The molecule has 3 N–H and O–H groups in total. The van der Waals surface area contributed by atoms with Gasteiger partial charge in [0.05, 0.1) is 23.2 Å². The Morgan fingerprint density at radius 3 is 2.54 bits per heavy atom. The van der Waals surface area contributed by atoms with E-state index in [9.17, 15) is 22.8 Å². The molecule has 0 aliphatic carbocycles. The quantitative estimate of drug-likeness (QED) is 0.691.